The van der Waals surface area contributed by atoms with E-state index in [1.54, 1.807) is 0 Å². The van der Waals surface area contributed by atoms with Crippen LogP contribution in [0, 0.1) is 0 Å². The van der Waals surface area contributed by atoms with E-state index < -0.39 is 5.97 Å². The van der Waals surface area contributed by atoms with Gasteiger partial charge in [-0.2, -0.15) is 0 Å². The molecule has 0 aliphatic rings. The lowest BCUT2D eigenvalue weighted by atomic mass is 10.1. The molecular weight excluding hydrogens is 254 g/mol. The molecule has 0 atom stereocenters. The molecule has 0 bridgehead atoms. The van der Waals surface area contributed by atoms with E-state index in [0.717, 1.165) is 18.5 Å². The first-order chi connectivity index (χ1) is 9.63. The van der Waals surface area contributed by atoms with Crippen LogP contribution in [0.3, 0.4) is 0 Å². The Kier molecular flexibility index (Phi) is 7.40. The zero-order chi connectivity index (χ0) is 14.8. The summed E-state index contributed by atoms with van der Waals surface area (Å²) in [4.78, 5) is 24.4. The minimum Gasteiger partial charge on any atom is -0.481 e. The standard InChI is InChI=1S/C16H23NO3/c1-2-12-17(13-14-8-4-3-5-9-14)15(18)10-6-7-11-16(19)20/h3-5,8-9H,2,6-7,10-13H2,1H3,(H,19,20). The third-order valence-corrected chi connectivity index (χ3v) is 3.09. The molecule has 0 heterocycles. The molecule has 1 aromatic rings. The third-order valence-electron chi connectivity index (χ3n) is 3.09. The minimum absolute atomic E-state index is 0.112. The van der Waals surface area contributed by atoms with E-state index in [1.807, 2.05) is 35.2 Å². The molecule has 0 saturated heterocycles. The number of aliphatic carboxylic acids is 1. The maximum atomic E-state index is 12.2. The van der Waals surface area contributed by atoms with Crippen LogP contribution < -0.4 is 0 Å². The number of carbonyl (C=O) groups excluding carboxylic acids is 1. The number of benzene rings is 1. The topological polar surface area (TPSA) is 57.6 Å². The molecule has 0 fully saturated rings. The second-order valence-corrected chi connectivity index (χ2v) is 4.90. The number of hydrogen-bond acceptors (Lipinski definition) is 2. The molecule has 1 amide bonds. The molecule has 0 spiro atoms. The molecule has 0 unspecified atom stereocenters. The molecule has 1 aromatic carbocycles. The molecular formula is C16H23NO3. The smallest absolute Gasteiger partial charge is 0.303 e. The van der Waals surface area contributed by atoms with Gasteiger partial charge in [0.1, 0.15) is 0 Å². The average Bonchev–Trinajstić information content (AvgIpc) is 2.44. The highest BCUT2D eigenvalue weighted by Gasteiger charge is 2.12. The van der Waals surface area contributed by atoms with E-state index in [4.69, 9.17) is 5.11 Å². The number of hydrogen-bond donors (Lipinski definition) is 1. The van der Waals surface area contributed by atoms with Gasteiger partial charge in [0, 0.05) is 25.9 Å². The molecule has 0 radical (unpaired) electrons. The van der Waals surface area contributed by atoms with Gasteiger partial charge in [-0.15, -0.1) is 0 Å². The van der Waals surface area contributed by atoms with E-state index >= 15 is 0 Å². The molecule has 110 valence electrons. The Hall–Kier alpha value is -1.84. The van der Waals surface area contributed by atoms with Gasteiger partial charge in [-0.3, -0.25) is 9.59 Å². The first-order valence-electron chi connectivity index (χ1n) is 7.17. The summed E-state index contributed by atoms with van der Waals surface area (Å²) in [5.74, 6) is -0.687. The lowest BCUT2D eigenvalue weighted by molar-refractivity contribution is -0.137. The average molecular weight is 277 g/mol. The maximum Gasteiger partial charge on any atom is 0.303 e. The molecule has 1 rings (SSSR count). The molecule has 20 heavy (non-hydrogen) atoms. The number of carboxylic acid groups (broad SMARTS) is 1. The van der Waals surface area contributed by atoms with Crippen molar-refractivity contribution in [2.45, 2.75) is 45.6 Å². The Bertz CT molecular complexity index is 417. The van der Waals surface area contributed by atoms with Gasteiger partial charge in [0.2, 0.25) is 5.91 Å². The SMILES string of the molecule is CCCN(Cc1ccccc1)C(=O)CCCCC(=O)O. The van der Waals surface area contributed by atoms with Gasteiger partial charge in [-0.1, -0.05) is 37.3 Å². The highest BCUT2D eigenvalue weighted by Crippen LogP contribution is 2.09. The molecule has 4 nitrogen and oxygen atoms in total. The Morgan fingerprint density at radius 2 is 1.75 bits per heavy atom. The van der Waals surface area contributed by atoms with Gasteiger partial charge >= 0.3 is 5.97 Å². The Balaban J connectivity index is 2.44. The number of nitrogens with zero attached hydrogens (tertiary/aromatic N) is 1. The summed E-state index contributed by atoms with van der Waals surface area (Å²) in [6.07, 6.45) is 2.69. The Morgan fingerprint density at radius 1 is 1.10 bits per heavy atom. The van der Waals surface area contributed by atoms with Crippen LogP contribution in [0.2, 0.25) is 0 Å². The quantitative estimate of drug-likeness (QED) is 0.706. The van der Waals surface area contributed by atoms with Gasteiger partial charge in [0.05, 0.1) is 0 Å². The summed E-state index contributed by atoms with van der Waals surface area (Å²) < 4.78 is 0. The fourth-order valence-corrected chi connectivity index (χ4v) is 2.08. The van der Waals surface area contributed by atoms with Crippen LogP contribution >= 0.6 is 0 Å². The van der Waals surface area contributed by atoms with Gasteiger partial charge in [0.25, 0.3) is 0 Å². The van der Waals surface area contributed by atoms with Gasteiger partial charge in [-0.25, -0.2) is 0 Å². The number of amides is 1. The Morgan fingerprint density at radius 3 is 2.35 bits per heavy atom. The van der Waals surface area contributed by atoms with Crippen LogP contribution in [0.25, 0.3) is 0 Å². The highest BCUT2D eigenvalue weighted by atomic mass is 16.4. The largest absolute Gasteiger partial charge is 0.481 e. The number of carbonyl (C=O) groups is 2. The Labute approximate surface area is 120 Å². The maximum absolute atomic E-state index is 12.2. The van der Waals surface area contributed by atoms with E-state index in [0.29, 0.717) is 25.8 Å². The first kappa shape index (κ1) is 16.2. The summed E-state index contributed by atoms with van der Waals surface area (Å²) in [5, 5.41) is 8.57. The predicted octanol–water partition coefficient (Wildman–Crippen LogP) is 3.07. The van der Waals surface area contributed by atoms with E-state index in [-0.39, 0.29) is 12.3 Å². The number of rotatable bonds is 9. The molecule has 0 aromatic heterocycles. The van der Waals surface area contributed by atoms with Crippen molar-refractivity contribution in [3.05, 3.63) is 35.9 Å². The zero-order valence-corrected chi connectivity index (χ0v) is 12.0. The summed E-state index contributed by atoms with van der Waals surface area (Å²) in [6.45, 7) is 3.43. The molecule has 1 N–H and O–H groups in total. The second kappa shape index (κ2) is 9.13. The van der Waals surface area contributed by atoms with Crippen LogP contribution in [0.4, 0.5) is 0 Å². The van der Waals surface area contributed by atoms with Crippen molar-refractivity contribution in [2.75, 3.05) is 6.54 Å². The second-order valence-electron chi connectivity index (χ2n) is 4.90. The fourth-order valence-electron chi connectivity index (χ4n) is 2.08. The van der Waals surface area contributed by atoms with Gasteiger partial charge < -0.3 is 10.0 Å². The summed E-state index contributed by atoms with van der Waals surface area (Å²) in [7, 11) is 0. The lowest BCUT2D eigenvalue weighted by Crippen LogP contribution is -2.31. The molecule has 0 aliphatic heterocycles. The number of unbranched alkanes of at least 4 members (excludes halogenated alkanes) is 1. The summed E-state index contributed by atoms with van der Waals surface area (Å²) in [5.41, 5.74) is 1.12. The van der Waals surface area contributed by atoms with Crippen LogP contribution in [0.15, 0.2) is 30.3 Å². The molecule has 4 heteroatoms. The van der Waals surface area contributed by atoms with Gasteiger partial charge in [0.15, 0.2) is 0 Å². The van der Waals surface area contributed by atoms with Crippen molar-refractivity contribution >= 4 is 11.9 Å². The highest BCUT2D eigenvalue weighted by molar-refractivity contribution is 5.76. The van der Waals surface area contributed by atoms with Crippen LogP contribution in [0.1, 0.15) is 44.6 Å². The summed E-state index contributed by atoms with van der Waals surface area (Å²) in [6, 6.07) is 9.93. The van der Waals surface area contributed by atoms with Crippen molar-refractivity contribution < 1.29 is 14.7 Å². The van der Waals surface area contributed by atoms with Crippen LogP contribution in [-0.4, -0.2) is 28.4 Å². The van der Waals surface area contributed by atoms with E-state index in [9.17, 15) is 9.59 Å². The van der Waals surface area contributed by atoms with Gasteiger partial charge in [-0.05, 0) is 24.8 Å². The fraction of sp³-hybridized carbons (Fsp3) is 0.500. The van der Waals surface area contributed by atoms with Crippen LogP contribution in [-0.2, 0) is 16.1 Å². The lowest BCUT2D eigenvalue weighted by Gasteiger charge is -2.22. The van der Waals surface area contributed by atoms with Crippen LogP contribution in [0.5, 0.6) is 0 Å². The van der Waals surface area contributed by atoms with Crippen molar-refractivity contribution in [1.82, 2.24) is 4.90 Å². The summed E-state index contributed by atoms with van der Waals surface area (Å²) >= 11 is 0. The van der Waals surface area contributed by atoms with E-state index in [1.165, 1.54) is 0 Å². The molecule has 0 saturated carbocycles. The zero-order valence-electron chi connectivity index (χ0n) is 12.0. The normalized spacial score (nSPS) is 10.2. The minimum atomic E-state index is -0.799. The van der Waals surface area contributed by atoms with Crippen molar-refractivity contribution in [2.24, 2.45) is 0 Å². The first-order valence-corrected chi connectivity index (χ1v) is 7.17. The third kappa shape index (κ3) is 6.36. The molecule has 0 aliphatic carbocycles. The van der Waals surface area contributed by atoms with Crippen molar-refractivity contribution in [1.29, 1.82) is 0 Å². The van der Waals surface area contributed by atoms with Crippen molar-refractivity contribution in [3.8, 4) is 0 Å². The predicted molar refractivity (Wildman–Crippen MR) is 78.3 cm³/mol. The van der Waals surface area contributed by atoms with E-state index in [2.05, 4.69) is 6.92 Å². The monoisotopic (exact) mass is 277 g/mol. The number of carboxylic acids is 1. The van der Waals surface area contributed by atoms with Crippen molar-refractivity contribution in [3.63, 3.8) is 0 Å².